The Labute approximate surface area is 143 Å². The first-order valence-electron chi connectivity index (χ1n) is 7.24. The van der Waals surface area contributed by atoms with Crippen molar-refractivity contribution >= 4 is 27.9 Å². The van der Waals surface area contributed by atoms with Crippen LogP contribution in [0.15, 0.2) is 29.2 Å². The lowest BCUT2D eigenvalue weighted by atomic mass is 10.3. The van der Waals surface area contributed by atoms with Gasteiger partial charge in [0, 0.05) is 13.1 Å². The number of carbonyl (C=O) groups is 3. The molecule has 0 aliphatic carbocycles. The number of hydrogen-bond acceptors (Lipinski definition) is 6. The molecule has 0 radical (unpaired) electrons. The summed E-state index contributed by atoms with van der Waals surface area (Å²) in [5, 5.41) is 2.43. The molecule has 1 aliphatic rings. The summed E-state index contributed by atoms with van der Waals surface area (Å²) in [6.07, 6.45) is -1.24. The normalized spacial score (nSPS) is 15.6. The molecule has 0 spiro atoms. The summed E-state index contributed by atoms with van der Waals surface area (Å²) >= 11 is 0. The fourth-order valence-corrected chi connectivity index (χ4v) is 3.01. The topological polar surface area (TPSA) is 122 Å². The summed E-state index contributed by atoms with van der Waals surface area (Å²) in [5.74, 6) is -2.30. The zero-order valence-corrected chi connectivity index (χ0v) is 14.0. The van der Waals surface area contributed by atoms with E-state index in [-0.39, 0.29) is 11.4 Å². The van der Waals surface area contributed by atoms with Gasteiger partial charge in [0.2, 0.25) is 10.0 Å². The molecule has 136 valence electrons. The van der Waals surface area contributed by atoms with E-state index in [0.29, 0.717) is 6.54 Å². The van der Waals surface area contributed by atoms with E-state index >= 15 is 0 Å². The van der Waals surface area contributed by atoms with Crippen molar-refractivity contribution in [1.29, 1.82) is 0 Å². The van der Waals surface area contributed by atoms with Gasteiger partial charge in [-0.15, -0.1) is 0 Å². The van der Waals surface area contributed by atoms with Gasteiger partial charge in [0.05, 0.1) is 4.90 Å². The van der Waals surface area contributed by atoms with Crippen molar-refractivity contribution in [3.05, 3.63) is 30.1 Å². The molecule has 1 saturated heterocycles. The number of nitrogens with one attached hydrogen (secondary N) is 2. The van der Waals surface area contributed by atoms with E-state index in [0.717, 1.165) is 29.2 Å². The van der Waals surface area contributed by atoms with Gasteiger partial charge in [0.15, 0.2) is 6.10 Å². The average molecular weight is 373 g/mol. The second kappa shape index (κ2) is 7.57. The minimum absolute atomic E-state index is 0.163. The summed E-state index contributed by atoms with van der Waals surface area (Å²) in [5.41, 5.74) is 0. The van der Waals surface area contributed by atoms with Crippen LogP contribution in [0.2, 0.25) is 0 Å². The maximum absolute atomic E-state index is 12.8. The minimum Gasteiger partial charge on any atom is -0.452 e. The number of rotatable bonds is 6. The van der Waals surface area contributed by atoms with Crippen molar-refractivity contribution in [2.24, 2.45) is 0 Å². The first-order valence-corrected chi connectivity index (χ1v) is 8.73. The lowest BCUT2D eigenvalue weighted by Crippen LogP contribution is -2.43. The number of hydrogen-bond donors (Lipinski definition) is 2. The molecule has 1 aromatic carbocycles. The van der Waals surface area contributed by atoms with E-state index in [4.69, 9.17) is 4.74 Å². The van der Waals surface area contributed by atoms with Crippen LogP contribution in [0, 0.1) is 5.82 Å². The van der Waals surface area contributed by atoms with Gasteiger partial charge in [-0.05, 0) is 31.2 Å². The molecule has 3 amide bonds. The molecule has 0 unspecified atom stereocenters. The molecule has 2 rings (SSSR count). The Hall–Kier alpha value is -2.53. The molecule has 1 atom stereocenters. The van der Waals surface area contributed by atoms with E-state index in [2.05, 4.69) is 5.32 Å². The lowest BCUT2D eigenvalue weighted by molar-refractivity contribution is -0.156. The Morgan fingerprint density at radius 3 is 2.56 bits per heavy atom. The highest BCUT2D eigenvalue weighted by Gasteiger charge is 2.31. The van der Waals surface area contributed by atoms with Crippen LogP contribution in [0.25, 0.3) is 0 Å². The molecule has 1 heterocycles. The molecule has 1 aromatic rings. The monoisotopic (exact) mass is 373 g/mol. The van der Waals surface area contributed by atoms with Gasteiger partial charge in [-0.1, -0.05) is 0 Å². The van der Waals surface area contributed by atoms with Gasteiger partial charge in [0.25, 0.3) is 5.91 Å². The first-order chi connectivity index (χ1) is 11.7. The molecule has 9 nitrogen and oxygen atoms in total. The molecule has 0 bridgehead atoms. The lowest BCUT2D eigenvalue weighted by Gasteiger charge is -2.18. The number of ether oxygens (including phenoxy) is 1. The summed E-state index contributed by atoms with van der Waals surface area (Å²) in [6, 6.07) is 3.44. The molecule has 25 heavy (non-hydrogen) atoms. The molecular weight excluding hydrogens is 357 g/mol. The third kappa shape index (κ3) is 4.73. The van der Waals surface area contributed by atoms with Crippen molar-refractivity contribution in [2.45, 2.75) is 17.9 Å². The Morgan fingerprint density at radius 2 is 2.00 bits per heavy atom. The smallest absolute Gasteiger partial charge is 0.324 e. The highest BCUT2D eigenvalue weighted by Crippen LogP contribution is 2.09. The molecule has 1 fully saturated rings. The van der Waals surface area contributed by atoms with Crippen LogP contribution in [0.3, 0.4) is 0 Å². The van der Waals surface area contributed by atoms with Crippen LogP contribution in [-0.4, -0.2) is 57.0 Å². The summed E-state index contributed by atoms with van der Waals surface area (Å²) in [7, 11) is -4.03. The predicted octanol–water partition coefficient (Wildman–Crippen LogP) is -0.412. The van der Waals surface area contributed by atoms with E-state index in [1.807, 2.05) is 4.72 Å². The van der Waals surface area contributed by atoms with E-state index in [1.165, 1.54) is 6.92 Å². The third-order valence-electron chi connectivity index (χ3n) is 3.31. The number of amides is 3. The van der Waals surface area contributed by atoms with Crippen LogP contribution >= 0.6 is 0 Å². The quantitative estimate of drug-likeness (QED) is 0.654. The number of carbonyl (C=O) groups excluding carboxylic acids is 3. The molecule has 2 N–H and O–H groups in total. The van der Waals surface area contributed by atoms with Crippen LogP contribution in [0.1, 0.15) is 6.92 Å². The van der Waals surface area contributed by atoms with Crippen LogP contribution in [0.5, 0.6) is 0 Å². The Kier molecular flexibility index (Phi) is 5.69. The Balaban J connectivity index is 1.88. The second-order valence-corrected chi connectivity index (χ2v) is 6.90. The number of halogens is 1. The fourth-order valence-electron chi connectivity index (χ4n) is 2.04. The fraction of sp³-hybridized carbons (Fsp3) is 0.357. The van der Waals surface area contributed by atoms with Crippen molar-refractivity contribution in [3.63, 3.8) is 0 Å². The third-order valence-corrected chi connectivity index (χ3v) is 4.73. The Morgan fingerprint density at radius 1 is 1.36 bits per heavy atom. The number of benzene rings is 1. The van der Waals surface area contributed by atoms with Gasteiger partial charge < -0.3 is 10.1 Å². The molecule has 0 aromatic heterocycles. The maximum atomic E-state index is 12.8. The zero-order chi connectivity index (χ0) is 18.6. The Bertz CT molecular complexity index is 780. The standard InChI is InChI=1S/C14H16FN3O6S/c1-9(13(20)18-7-6-16-14(18)21)24-12(19)8-17-25(22,23)11-4-2-10(15)3-5-11/h2-5,9,17H,6-8H2,1H3,(H,16,21)/t9-/m1/s1. The average Bonchev–Trinajstić information content (AvgIpc) is 2.98. The predicted molar refractivity (Wildman–Crippen MR) is 82.3 cm³/mol. The summed E-state index contributed by atoms with van der Waals surface area (Å²) in [4.78, 5) is 35.7. The largest absolute Gasteiger partial charge is 0.452 e. The summed E-state index contributed by atoms with van der Waals surface area (Å²) in [6.45, 7) is 1.03. The number of imide groups is 1. The van der Waals surface area contributed by atoms with E-state index < -0.39 is 46.4 Å². The van der Waals surface area contributed by atoms with E-state index in [1.54, 1.807) is 0 Å². The SMILES string of the molecule is C[C@@H](OC(=O)CNS(=O)(=O)c1ccc(F)cc1)C(=O)N1CCNC1=O. The first kappa shape index (κ1) is 18.8. The van der Waals surface area contributed by atoms with Gasteiger partial charge in [-0.3, -0.25) is 14.5 Å². The highest BCUT2D eigenvalue weighted by molar-refractivity contribution is 7.89. The number of nitrogens with zero attached hydrogens (tertiary/aromatic N) is 1. The maximum Gasteiger partial charge on any atom is 0.324 e. The second-order valence-electron chi connectivity index (χ2n) is 5.13. The van der Waals surface area contributed by atoms with Crippen LogP contribution in [-0.2, 0) is 24.3 Å². The van der Waals surface area contributed by atoms with Gasteiger partial charge >= 0.3 is 12.0 Å². The van der Waals surface area contributed by atoms with Crippen molar-refractivity contribution in [1.82, 2.24) is 14.9 Å². The number of sulfonamides is 1. The van der Waals surface area contributed by atoms with Crippen molar-refractivity contribution in [2.75, 3.05) is 19.6 Å². The minimum atomic E-state index is -4.03. The van der Waals surface area contributed by atoms with Gasteiger partial charge in [-0.2, -0.15) is 4.72 Å². The van der Waals surface area contributed by atoms with Gasteiger partial charge in [-0.25, -0.2) is 17.6 Å². The molecule has 1 aliphatic heterocycles. The van der Waals surface area contributed by atoms with Crippen LogP contribution in [0.4, 0.5) is 9.18 Å². The van der Waals surface area contributed by atoms with Crippen LogP contribution < -0.4 is 10.0 Å². The molecule has 0 saturated carbocycles. The van der Waals surface area contributed by atoms with Gasteiger partial charge in [0.1, 0.15) is 12.4 Å². The van der Waals surface area contributed by atoms with Crippen molar-refractivity contribution in [3.8, 4) is 0 Å². The zero-order valence-electron chi connectivity index (χ0n) is 13.2. The molecular formula is C14H16FN3O6S. The number of esters is 1. The number of urea groups is 1. The van der Waals surface area contributed by atoms with Crippen molar-refractivity contribution < 1.29 is 31.9 Å². The highest BCUT2D eigenvalue weighted by atomic mass is 32.2. The van der Waals surface area contributed by atoms with E-state index in [9.17, 15) is 27.2 Å². The molecule has 11 heteroatoms. The summed E-state index contributed by atoms with van der Waals surface area (Å²) < 4.78 is 43.5.